The van der Waals surface area contributed by atoms with Gasteiger partial charge in [-0.05, 0) is 56.2 Å². The largest absolute Gasteiger partial charge is 0.478 e. The van der Waals surface area contributed by atoms with Gasteiger partial charge in [0.15, 0.2) is 0 Å². The van der Waals surface area contributed by atoms with Crippen molar-refractivity contribution in [1.29, 1.82) is 0 Å². The second kappa shape index (κ2) is 16.6. The van der Waals surface area contributed by atoms with Crippen LogP contribution in [0.3, 0.4) is 0 Å². The van der Waals surface area contributed by atoms with E-state index in [9.17, 15) is 24.6 Å². The van der Waals surface area contributed by atoms with E-state index in [4.69, 9.17) is 25.4 Å². The van der Waals surface area contributed by atoms with E-state index in [0.29, 0.717) is 67.7 Å². The molecule has 6 N–H and O–H groups in total. The van der Waals surface area contributed by atoms with Crippen molar-refractivity contribution in [2.75, 3.05) is 33.4 Å². The summed E-state index contributed by atoms with van der Waals surface area (Å²) in [5, 5.41) is 38.0. The highest BCUT2D eigenvalue weighted by Crippen LogP contribution is 2.41. The summed E-state index contributed by atoms with van der Waals surface area (Å²) in [4.78, 5) is 34.1. The van der Waals surface area contributed by atoms with Crippen molar-refractivity contribution in [2.24, 2.45) is 11.7 Å². The summed E-state index contributed by atoms with van der Waals surface area (Å²) in [6.07, 6.45) is 2.12. The third-order valence-corrected chi connectivity index (χ3v) is 8.15. The van der Waals surface area contributed by atoms with Gasteiger partial charge in [0.05, 0.1) is 19.3 Å². The van der Waals surface area contributed by atoms with Gasteiger partial charge in [0.1, 0.15) is 17.5 Å². The predicted molar refractivity (Wildman–Crippen MR) is 164 cm³/mol. The van der Waals surface area contributed by atoms with Crippen LogP contribution in [0.2, 0.25) is 0 Å². The number of amides is 1. The van der Waals surface area contributed by atoms with E-state index >= 15 is 4.39 Å². The summed E-state index contributed by atoms with van der Waals surface area (Å²) in [5.41, 5.74) is 6.87. The van der Waals surface area contributed by atoms with Gasteiger partial charge in [-0.2, -0.15) is 0 Å². The lowest BCUT2D eigenvalue weighted by Gasteiger charge is -2.43. The SMILES string of the molecule is COCCCC[C@@](O)(c1cccc(F)c1-c1cccc(C)c1)[C@H]1CN(C(=O)[C@H]2C[C@@H](N)[C@@H](O)C2)CCO1.O=C(O)/C=C/C(=O)O. The molecule has 1 heterocycles. The zero-order chi connectivity index (χ0) is 33.1. The summed E-state index contributed by atoms with van der Waals surface area (Å²) < 4.78 is 26.7. The Labute approximate surface area is 262 Å². The van der Waals surface area contributed by atoms with Gasteiger partial charge >= 0.3 is 11.9 Å². The summed E-state index contributed by atoms with van der Waals surface area (Å²) in [5.74, 6) is -3.37. The van der Waals surface area contributed by atoms with Crippen LogP contribution in [-0.4, -0.2) is 94.8 Å². The zero-order valence-electron chi connectivity index (χ0n) is 25.6. The first-order chi connectivity index (χ1) is 21.4. The molecule has 2 fully saturated rings. The molecule has 0 radical (unpaired) electrons. The number of morpholine rings is 1. The highest BCUT2D eigenvalue weighted by molar-refractivity contribution is 5.89. The number of nitrogens with two attached hydrogens (primary N) is 1. The number of rotatable bonds is 11. The van der Waals surface area contributed by atoms with Crippen LogP contribution in [-0.2, 0) is 29.5 Å². The van der Waals surface area contributed by atoms with Crippen molar-refractivity contribution in [3.05, 3.63) is 71.6 Å². The number of carboxylic acids is 2. The number of nitrogens with zero attached hydrogens (tertiary/aromatic N) is 1. The second-order valence-corrected chi connectivity index (χ2v) is 11.5. The molecule has 1 aliphatic carbocycles. The Bertz CT molecular complexity index is 1330. The van der Waals surface area contributed by atoms with Crippen LogP contribution in [0.5, 0.6) is 0 Å². The fraction of sp³-hybridized carbons (Fsp3) is 0.485. The smallest absolute Gasteiger partial charge is 0.328 e. The highest BCUT2D eigenvalue weighted by atomic mass is 19.1. The van der Waals surface area contributed by atoms with Gasteiger partial charge < -0.3 is 40.5 Å². The number of halogens is 1. The lowest BCUT2D eigenvalue weighted by molar-refractivity contribution is -0.167. The Hall–Kier alpha value is -3.68. The van der Waals surface area contributed by atoms with Gasteiger partial charge in [-0.15, -0.1) is 0 Å². The Morgan fingerprint density at radius 1 is 1.11 bits per heavy atom. The number of methoxy groups -OCH3 is 1. The van der Waals surface area contributed by atoms with Gasteiger partial charge in [0, 0.05) is 49.9 Å². The molecule has 1 saturated carbocycles. The molecule has 246 valence electrons. The number of aliphatic hydroxyl groups excluding tert-OH is 1. The Morgan fingerprint density at radius 2 is 1.80 bits per heavy atom. The zero-order valence-corrected chi connectivity index (χ0v) is 25.6. The van der Waals surface area contributed by atoms with Crippen LogP contribution in [0.15, 0.2) is 54.6 Å². The van der Waals surface area contributed by atoms with Gasteiger partial charge in [-0.1, -0.05) is 42.0 Å². The number of carbonyl (C=O) groups excluding carboxylic acids is 1. The number of carbonyl (C=O) groups is 3. The average Bonchev–Trinajstić information content (AvgIpc) is 3.35. The lowest BCUT2D eigenvalue weighted by Crippen LogP contribution is -2.55. The van der Waals surface area contributed by atoms with Crippen LogP contribution in [0.4, 0.5) is 4.39 Å². The maximum atomic E-state index is 15.4. The Balaban J connectivity index is 0.000000610. The van der Waals surface area contributed by atoms with Gasteiger partial charge in [-0.25, -0.2) is 14.0 Å². The first-order valence-corrected chi connectivity index (χ1v) is 14.9. The van der Waals surface area contributed by atoms with Crippen molar-refractivity contribution < 1.29 is 48.7 Å². The fourth-order valence-corrected chi connectivity index (χ4v) is 5.88. The molecule has 1 amide bonds. The normalized spacial score (nSPS) is 22.8. The number of hydrogen-bond acceptors (Lipinski definition) is 8. The van der Waals surface area contributed by atoms with E-state index in [0.717, 1.165) is 12.0 Å². The van der Waals surface area contributed by atoms with E-state index < -0.39 is 41.6 Å². The van der Waals surface area contributed by atoms with E-state index in [2.05, 4.69) is 0 Å². The molecule has 5 atom stereocenters. The average molecular weight is 631 g/mol. The predicted octanol–water partition coefficient (Wildman–Crippen LogP) is 2.84. The monoisotopic (exact) mass is 630 g/mol. The van der Waals surface area contributed by atoms with Gasteiger partial charge in [0.2, 0.25) is 5.91 Å². The lowest BCUT2D eigenvalue weighted by atomic mass is 9.78. The molecular weight excluding hydrogens is 587 g/mol. The number of aliphatic carboxylic acids is 2. The van der Waals surface area contributed by atoms with Crippen molar-refractivity contribution in [1.82, 2.24) is 4.90 Å². The highest BCUT2D eigenvalue weighted by Gasteiger charge is 2.46. The molecule has 1 saturated heterocycles. The fourth-order valence-electron chi connectivity index (χ4n) is 5.88. The number of benzene rings is 2. The van der Waals surface area contributed by atoms with E-state index in [1.807, 2.05) is 31.2 Å². The van der Waals surface area contributed by atoms with Crippen LogP contribution in [0.1, 0.15) is 43.2 Å². The molecule has 4 rings (SSSR count). The summed E-state index contributed by atoms with van der Waals surface area (Å²) >= 11 is 0. The molecule has 45 heavy (non-hydrogen) atoms. The topological polar surface area (TPSA) is 180 Å². The molecule has 1 aliphatic heterocycles. The molecule has 2 aromatic rings. The molecule has 0 unspecified atom stereocenters. The number of hydrogen-bond donors (Lipinski definition) is 5. The molecular formula is C33H43FN2O9. The molecule has 0 bridgehead atoms. The van der Waals surface area contributed by atoms with Crippen LogP contribution in [0, 0.1) is 18.7 Å². The maximum Gasteiger partial charge on any atom is 0.328 e. The minimum atomic E-state index is -1.54. The van der Waals surface area contributed by atoms with E-state index in [-0.39, 0.29) is 25.0 Å². The maximum absolute atomic E-state index is 15.4. The summed E-state index contributed by atoms with van der Waals surface area (Å²) in [6, 6.07) is 11.9. The van der Waals surface area contributed by atoms with E-state index in [1.165, 1.54) is 6.07 Å². The molecule has 12 heteroatoms. The molecule has 0 aromatic heterocycles. The van der Waals surface area contributed by atoms with E-state index in [1.54, 1.807) is 24.1 Å². The van der Waals surface area contributed by atoms with Crippen LogP contribution < -0.4 is 5.73 Å². The first-order valence-electron chi connectivity index (χ1n) is 14.9. The number of aliphatic hydroxyl groups is 2. The van der Waals surface area contributed by atoms with Crippen LogP contribution in [0.25, 0.3) is 11.1 Å². The standard InChI is InChI=1S/C29H39FN2O5.C4H4O4/c1-19-7-5-8-20(15-19)27-22(9-6-10-23(27)30)29(35,11-3-4-13-36-2)26-18-32(12-14-37-26)28(34)21-16-24(31)25(33)17-21;5-3(6)1-2-4(7)8/h5-10,15,21,24-26,33,35H,3-4,11-14,16-18,31H2,1-2H3;1-2H,(H,5,6)(H,7,8)/b;2-1+/t21-,24+,25-,26+,29+;/m0./s1. The molecule has 2 aliphatic rings. The summed E-state index contributed by atoms with van der Waals surface area (Å²) in [6.45, 7) is 3.31. The Morgan fingerprint density at radius 3 is 2.40 bits per heavy atom. The molecule has 11 nitrogen and oxygen atoms in total. The number of ether oxygens (including phenoxy) is 2. The number of carboxylic acid groups (broad SMARTS) is 2. The van der Waals surface area contributed by atoms with Gasteiger partial charge in [-0.3, -0.25) is 4.79 Å². The molecule has 2 aromatic carbocycles. The van der Waals surface area contributed by atoms with Crippen molar-refractivity contribution in [3.63, 3.8) is 0 Å². The van der Waals surface area contributed by atoms with Crippen LogP contribution >= 0.6 is 0 Å². The van der Waals surface area contributed by atoms with Crippen molar-refractivity contribution >= 4 is 17.8 Å². The van der Waals surface area contributed by atoms with Crippen molar-refractivity contribution in [2.45, 2.75) is 62.9 Å². The Kier molecular flexibility index (Phi) is 13.2. The minimum Gasteiger partial charge on any atom is -0.478 e. The van der Waals surface area contributed by atoms with Gasteiger partial charge in [0.25, 0.3) is 0 Å². The quantitative estimate of drug-likeness (QED) is 0.183. The third-order valence-electron chi connectivity index (χ3n) is 8.15. The summed E-state index contributed by atoms with van der Waals surface area (Å²) in [7, 11) is 1.63. The van der Waals surface area contributed by atoms with Crippen molar-refractivity contribution in [3.8, 4) is 11.1 Å². The minimum absolute atomic E-state index is 0.0832. The number of aryl methyl sites for hydroxylation is 1. The number of unbranched alkanes of at least 4 members (excludes halogenated alkanes) is 1. The molecule has 0 spiro atoms. The first kappa shape index (κ1) is 35.8. The second-order valence-electron chi connectivity index (χ2n) is 11.5. The third kappa shape index (κ3) is 9.65.